The van der Waals surface area contributed by atoms with Gasteiger partial charge in [0.1, 0.15) is 13.6 Å². The molecule has 1 aromatic rings. The second kappa shape index (κ2) is 3.37. The van der Waals surface area contributed by atoms with E-state index in [9.17, 15) is 0 Å². The molecule has 0 saturated carbocycles. The lowest BCUT2D eigenvalue weighted by Crippen LogP contribution is -2.04. The molecule has 0 unspecified atom stereocenters. The molecule has 1 rings (SSSR count). The van der Waals surface area contributed by atoms with Crippen molar-refractivity contribution in [3.05, 3.63) is 22.2 Å². The molecule has 0 atom stereocenters. The first kappa shape index (κ1) is 8.76. The Bertz CT molecular complexity index is 275. The molecule has 2 radical (unpaired) electrons. The number of methoxy groups -OCH3 is 1. The number of hydrogen-bond donors (Lipinski definition) is 0. The van der Waals surface area contributed by atoms with Gasteiger partial charge in [0, 0.05) is 11.1 Å². The minimum atomic E-state index is 0.400. The maximum Gasteiger partial charge on any atom is 0.138 e. The second-order valence-corrected chi connectivity index (χ2v) is 2.83. The van der Waals surface area contributed by atoms with Crippen molar-refractivity contribution in [2.45, 2.75) is 0 Å². The van der Waals surface area contributed by atoms with Crippen molar-refractivity contribution in [2.75, 3.05) is 7.11 Å². The summed E-state index contributed by atoms with van der Waals surface area (Å²) in [5.41, 5.74) is 0.427. The standard InChI is InChI=1S/C7H5BCl2O/c1-11-6-3-4(9)2-5(8)7(6)10/h2-3H,1H3. The molecule has 0 heterocycles. The highest BCUT2D eigenvalue weighted by Crippen LogP contribution is 2.24. The third kappa shape index (κ3) is 1.82. The Hall–Kier alpha value is -0.335. The quantitative estimate of drug-likeness (QED) is 0.608. The Morgan fingerprint density at radius 1 is 1.36 bits per heavy atom. The third-order valence-corrected chi connectivity index (χ3v) is 1.87. The molecular formula is C7H5BCl2O. The molecule has 0 saturated heterocycles. The first-order valence-electron chi connectivity index (χ1n) is 2.93. The maximum absolute atomic E-state index is 5.76. The highest BCUT2D eigenvalue weighted by Gasteiger charge is 2.03. The zero-order valence-electron chi connectivity index (χ0n) is 5.90. The number of benzene rings is 1. The molecule has 0 aromatic heterocycles. The highest BCUT2D eigenvalue weighted by atomic mass is 35.5. The van der Waals surface area contributed by atoms with Crippen LogP contribution in [0, 0.1) is 0 Å². The van der Waals surface area contributed by atoms with Crippen LogP contribution >= 0.6 is 23.2 Å². The van der Waals surface area contributed by atoms with Gasteiger partial charge in [0.2, 0.25) is 0 Å². The fraction of sp³-hybridized carbons (Fsp3) is 0.143. The minimum absolute atomic E-state index is 0.400. The van der Waals surface area contributed by atoms with Crippen molar-refractivity contribution in [3.8, 4) is 5.75 Å². The summed E-state index contributed by atoms with van der Waals surface area (Å²) in [7, 11) is 7.01. The summed E-state index contributed by atoms with van der Waals surface area (Å²) in [6.45, 7) is 0. The summed E-state index contributed by atoms with van der Waals surface area (Å²) in [5, 5.41) is 0.917. The van der Waals surface area contributed by atoms with E-state index in [1.165, 1.54) is 7.11 Å². The monoisotopic (exact) mass is 186 g/mol. The molecule has 1 nitrogen and oxygen atoms in total. The molecule has 0 aliphatic rings. The van der Waals surface area contributed by atoms with Gasteiger partial charge in [0.25, 0.3) is 0 Å². The topological polar surface area (TPSA) is 9.23 Å². The van der Waals surface area contributed by atoms with Crippen molar-refractivity contribution in [1.29, 1.82) is 0 Å². The van der Waals surface area contributed by atoms with Crippen molar-refractivity contribution in [2.24, 2.45) is 0 Å². The van der Waals surface area contributed by atoms with Crippen molar-refractivity contribution < 1.29 is 4.74 Å². The molecule has 11 heavy (non-hydrogen) atoms. The van der Waals surface area contributed by atoms with Crippen molar-refractivity contribution in [3.63, 3.8) is 0 Å². The van der Waals surface area contributed by atoms with Crippen LogP contribution in [0.4, 0.5) is 0 Å². The number of hydrogen-bond acceptors (Lipinski definition) is 1. The van der Waals surface area contributed by atoms with E-state index in [1.54, 1.807) is 12.1 Å². The second-order valence-electron chi connectivity index (χ2n) is 2.01. The molecule has 0 bridgehead atoms. The summed E-state index contributed by atoms with van der Waals surface area (Å²) in [6.07, 6.45) is 0. The molecule has 56 valence electrons. The lowest BCUT2D eigenvalue weighted by molar-refractivity contribution is 0.415. The summed E-state index contributed by atoms with van der Waals surface area (Å²) in [5.74, 6) is 0.497. The molecule has 1 aromatic carbocycles. The molecular weight excluding hydrogens is 182 g/mol. The van der Waals surface area contributed by atoms with Crippen LogP contribution in [-0.4, -0.2) is 15.0 Å². The predicted molar refractivity (Wildman–Crippen MR) is 48.4 cm³/mol. The Balaban J connectivity index is 3.24. The van der Waals surface area contributed by atoms with Gasteiger partial charge in [-0.2, -0.15) is 0 Å². The SMILES string of the molecule is [B]c1cc(Cl)cc(OC)c1Cl. The average Bonchev–Trinajstić information content (AvgIpc) is 1.96. The molecule has 0 aliphatic carbocycles. The Morgan fingerprint density at radius 3 is 2.55 bits per heavy atom. The van der Waals surface area contributed by atoms with E-state index >= 15 is 0 Å². The van der Waals surface area contributed by atoms with E-state index in [0.717, 1.165) is 0 Å². The van der Waals surface area contributed by atoms with Crippen LogP contribution < -0.4 is 10.2 Å². The molecule has 0 spiro atoms. The van der Waals surface area contributed by atoms with Gasteiger partial charge in [-0.15, -0.1) is 0 Å². The zero-order valence-corrected chi connectivity index (χ0v) is 7.41. The Morgan fingerprint density at radius 2 is 2.00 bits per heavy atom. The lowest BCUT2D eigenvalue weighted by Gasteiger charge is -2.05. The van der Waals surface area contributed by atoms with Gasteiger partial charge in [-0.3, -0.25) is 0 Å². The molecule has 0 fully saturated rings. The first-order chi connectivity index (χ1) is 5.15. The van der Waals surface area contributed by atoms with Gasteiger partial charge < -0.3 is 4.74 Å². The third-order valence-electron chi connectivity index (χ3n) is 1.25. The van der Waals surface area contributed by atoms with Gasteiger partial charge in [0.05, 0.1) is 12.1 Å². The van der Waals surface area contributed by atoms with Gasteiger partial charge in [0.15, 0.2) is 0 Å². The van der Waals surface area contributed by atoms with E-state index in [4.69, 9.17) is 35.8 Å². The van der Waals surface area contributed by atoms with E-state index in [2.05, 4.69) is 0 Å². The van der Waals surface area contributed by atoms with Crippen LogP contribution in [0.3, 0.4) is 0 Å². The van der Waals surface area contributed by atoms with Gasteiger partial charge in [-0.1, -0.05) is 28.7 Å². The number of rotatable bonds is 1. The van der Waals surface area contributed by atoms with Crippen LogP contribution in [-0.2, 0) is 0 Å². The Labute approximate surface area is 76.7 Å². The normalized spacial score (nSPS) is 9.73. The molecule has 4 heteroatoms. The predicted octanol–water partition coefficient (Wildman–Crippen LogP) is 1.80. The van der Waals surface area contributed by atoms with Gasteiger partial charge in [-0.25, -0.2) is 0 Å². The maximum atomic E-state index is 5.76. The zero-order chi connectivity index (χ0) is 8.43. The van der Waals surface area contributed by atoms with Crippen LogP contribution in [0.15, 0.2) is 12.1 Å². The van der Waals surface area contributed by atoms with Crippen LogP contribution in [0.2, 0.25) is 10.0 Å². The lowest BCUT2D eigenvalue weighted by atomic mass is 9.96. The van der Waals surface area contributed by atoms with Crippen LogP contribution in [0.1, 0.15) is 0 Å². The first-order valence-corrected chi connectivity index (χ1v) is 3.69. The van der Waals surface area contributed by atoms with Gasteiger partial charge >= 0.3 is 0 Å². The highest BCUT2D eigenvalue weighted by molar-refractivity contribution is 6.47. The largest absolute Gasteiger partial charge is 0.495 e. The molecule has 0 N–H and O–H groups in total. The molecule has 0 aliphatic heterocycles. The fourth-order valence-corrected chi connectivity index (χ4v) is 1.14. The van der Waals surface area contributed by atoms with Crippen LogP contribution in [0.5, 0.6) is 5.75 Å². The number of halogens is 2. The van der Waals surface area contributed by atoms with Crippen LogP contribution in [0.25, 0.3) is 0 Å². The number of ether oxygens (including phenoxy) is 1. The van der Waals surface area contributed by atoms with E-state index in [-0.39, 0.29) is 0 Å². The van der Waals surface area contributed by atoms with E-state index < -0.39 is 0 Å². The summed E-state index contributed by atoms with van der Waals surface area (Å²) in [4.78, 5) is 0. The van der Waals surface area contributed by atoms with Gasteiger partial charge in [-0.05, 0) is 6.07 Å². The Kier molecular flexibility index (Phi) is 2.69. The molecule has 0 amide bonds. The van der Waals surface area contributed by atoms with Crippen molar-refractivity contribution in [1.82, 2.24) is 0 Å². The van der Waals surface area contributed by atoms with Crippen molar-refractivity contribution >= 4 is 36.5 Å². The van der Waals surface area contributed by atoms with E-state index in [1.807, 2.05) is 0 Å². The summed E-state index contributed by atoms with van der Waals surface area (Å²) in [6, 6.07) is 3.19. The smallest absolute Gasteiger partial charge is 0.138 e. The fourth-order valence-electron chi connectivity index (χ4n) is 0.733. The summed E-state index contributed by atoms with van der Waals surface area (Å²) >= 11 is 11.4. The minimum Gasteiger partial charge on any atom is -0.495 e. The average molecular weight is 187 g/mol. The van der Waals surface area contributed by atoms with E-state index in [0.29, 0.717) is 21.3 Å². The summed E-state index contributed by atoms with van der Waals surface area (Å²) < 4.78 is 4.91.